The first-order chi connectivity index (χ1) is 8.04. The van der Waals surface area contributed by atoms with Gasteiger partial charge in [0.15, 0.2) is 0 Å². The lowest BCUT2D eigenvalue weighted by Gasteiger charge is -2.44. The first-order valence-corrected chi connectivity index (χ1v) is 8.25. The second-order valence-electron chi connectivity index (χ2n) is 6.51. The summed E-state index contributed by atoms with van der Waals surface area (Å²) in [5.74, 6) is 4.64. The van der Waals surface area contributed by atoms with Crippen molar-refractivity contribution in [2.45, 2.75) is 46.5 Å². The number of carbonyl (C=O) groups excluding carboxylic acids is 1. The molecule has 0 aliphatic heterocycles. The molecule has 2 unspecified atom stereocenters. The Morgan fingerprint density at radius 3 is 2.24 bits per heavy atom. The van der Waals surface area contributed by atoms with Gasteiger partial charge in [0, 0.05) is 5.92 Å². The first-order valence-electron chi connectivity index (χ1n) is 7.13. The summed E-state index contributed by atoms with van der Waals surface area (Å²) in [6, 6.07) is 0. The Bertz CT molecular complexity index is 278. The molecule has 3 fully saturated rings. The normalized spacial score (nSPS) is 46.4. The number of fused-ring (bicyclic) bond motifs is 5. The Labute approximate surface area is 114 Å². The van der Waals surface area contributed by atoms with Gasteiger partial charge in [0.25, 0.3) is 0 Å². The van der Waals surface area contributed by atoms with Crippen molar-refractivity contribution in [2.24, 2.45) is 35.5 Å². The van der Waals surface area contributed by atoms with E-state index in [-0.39, 0.29) is 0 Å². The molecule has 0 saturated heterocycles. The van der Waals surface area contributed by atoms with E-state index in [0.717, 1.165) is 17.8 Å². The van der Waals surface area contributed by atoms with Crippen LogP contribution in [0.1, 0.15) is 46.5 Å². The first kappa shape index (κ1) is 13.6. The van der Waals surface area contributed by atoms with Crippen molar-refractivity contribution in [3.8, 4) is 0 Å². The van der Waals surface area contributed by atoms with E-state index in [2.05, 4.69) is 36.7 Å². The van der Waals surface area contributed by atoms with Gasteiger partial charge in [0.1, 0.15) is 5.78 Å². The van der Waals surface area contributed by atoms with Gasteiger partial charge in [-0.15, -0.1) is 0 Å². The summed E-state index contributed by atoms with van der Waals surface area (Å²) in [6.45, 7) is 7.11. The maximum Gasteiger partial charge on any atom is 0.147 e. The predicted octanol–water partition coefficient (Wildman–Crippen LogP) is 4.29. The van der Waals surface area contributed by atoms with Crippen LogP contribution in [0.2, 0.25) is 0 Å². The summed E-state index contributed by atoms with van der Waals surface area (Å²) in [4.78, 5) is 12.1. The van der Waals surface area contributed by atoms with Gasteiger partial charge in [-0.05, 0) is 48.9 Å². The minimum atomic E-state index is 0.336. The van der Waals surface area contributed by atoms with E-state index in [0.29, 0.717) is 28.9 Å². The summed E-state index contributed by atoms with van der Waals surface area (Å²) >= 11 is 3.36. The van der Waals surface area contributed by atoms with Crippen LogP contribution >= 0.6 is 15.9 Å². The molecule has 2 heteroatoms. The predicted molar refractivity (Wildman–Crippen MR) is 75.2 cm³/mol. The fourth-order valence-electron chi connectivity index (χ4n) is 4.00. The molecule has 0 amide bonds. The third-order valence-electron chi connectivity index (χ3n) is 5.55. The van der Waals surface area contributed by atoms with Crippen LogP contribution in [0.15, 0.2) is 0 Å². The summed E-state index contributed by atoms with van der Waals surface area (Å²) < 4.78 is 0. The van der Waals surface area contributed by atoms with E-state index in [4.69, 9.17) is 0 Å². The molecule has 4 atom stereocenters. The zero-order chi connectivity index (χ0) is 12.6. The van der Waals surface area contributed by atoms with E-state index in [1.54, 1.807) is 0 Å². The SMILES string of the molecule is CC1C2CC(C2)C(C(=O)CBr)[C@@H](C)CC[C@@H]1C. The number of hydrogen-bond acceptors (Lipinski definition) is 1. The third-order valence-corrected chi connectivity index (χ3v) is 6.11. The molecule has 0 heterocycles. The highest BCUT2D eigenvalue weighted by Gasteiger charge is 2.44. The van der Waals surface area contributed by atoms with Gasteiger partial charge in [0.2, 0.25) is 0 Å². The van der Waals surface area contributed by atoms with Gasteiger partial charge in [0.05, 0.1) is 5.33 Å². The van der Waals surface area contributed by atoms with Gasteiger partial charge in [-0.25, -0.2) is 0 Å². The van der Waals surface area contributed by atoms with E-state index >= 15 is 0 Å². The topological polar surface area (TPSA) is 17.1 Å². The van der Waals surface area contributed by atoms with Gasteiger partial charge in [-0.3, -0.25) is 4.79 Å². The highest BCUT2D eigenvalue weighted by Crippen LogP contribution is 2.50. The Morgan fingerprint density at radius 1 is 1.06 bits per heavy atom. The van der Waals surface area contributed by atoms with Gasteiger partial charge in [-0.1, -0.05) is 43.1 Å². The number of rotatable bonds is 2. The van der Waals surface area contributed by atoms with Gasteiger partial charge in [-0.2, -0.15) is 0 Å². The molecule has 0 spiro atoms. The fraction of sp³-hybridized carbons (Fsp3) is 0.933. The third kappa shape index (κ3) is 2.62. The number of ketones is 1. The molecule has 3 aliphatic carbocycles. The molecule has 17 heavy (non-hydrogen) atoms. The number of Topliss-reactive ketones (excluding diaryl/α,β-unsaturated/α-hetero) is 1. The summed E-state index contributed by atoms with van der Waals surface area (Å²) in [5.41, 5.74) is 0. The Hall–Kier alpha value is 0.150. The van der Waals surface area contributed by atoms with Crippen molar-refractivity contribution in [2.75, 3.05) is 5.33 Å². The van der Waals surface area contributed by atoms with Crippen LogP contribution in [0, 0.1) is 35.5 Å². The van der Waals surface area contributed by atoms with Crippen LogP contribution in [0.3, 0.4) is 0 Å². The van der Waals surface area contributed by atoms with Crippen LogP contribution in [-0.4, -0.2) is 11.1 Å². The number of carbonyl (C=O) groups is 1. The lowest BCUT2D eigenvalue weighted by molar-refractivity contribution is -0.126. The second-order valence-corrected chi connectivity index (χ2v) is 7.07. The molecule has 0 N–H and O–H groups in total. The van der Waals surface area contributed by atoms with Crippen LogP contribution in [-0.2, 0) is 4.79 Å². The van der Waals surface area contributed by atoms with Crippen molar-refractivity contribution < 1.29 is 4.79 Å². The molecular weight excluding hydrogens is 276 g/mol. The molecular formula is C15H25BrO. The zero-order valence-electron chi connectivity index (χ0n) is 11.3. The van der Waals surface area contributed by atoms with E-state index in [1.807, 2.05) is 0 Å². The average Bonchev–Trinajstić information content (AvgIpc) is 2.33. The molecule has 0 aromatic rings. The number of halogens is 1. The number of alkyl halides is 1. The van der Waals surface area contributed by atoms with E-state index in [9.17, 15) is 4.79 Å². The quantitative estimate of drug-likeness (QED) is 0.695. The molecule has 1 nitrogen and oxygen atoms in total. The van der Waals surface area contributed by atoms with E-state index in [1.165, 1.54) is 25.7 Å². The molecule has 0 radical (unpaired) electrons. The number of hydrogen-bond donors (Lipinski definition) is 0. The molecule has 3 rings (SSSR count). The van der Waals surface area contributed by atoms with Crippen molar-refractivity contribution in [1.82, 2.24) is 0 Å². The van der Waals surface area contributed by atoms with Gasteiger partial charge >= 0.3 is 0 Å². The zero-order valence-corrected chi connectivity index (χ0v) is 12.9. The van der Waals surface area contributed by atoms with E-state index < -0.39 is 0 Å². The maximum atomic E-state index is 12.1. The Kier molecular flexibility index (Phi) is 4.33. The van der Waals surface area contributed by atoms with Crippen LogP contribution in [0.5, 0.6) is 0 Å². The molecule has 2 bridgehead atoms. The lowest BCUT2D eigenvalue weighted by Crippen LogP contribution is -2.40. The minimum Gasteiger partial charge on any atom is -0.298 e. The maximum absolute atomic E-state index is 12.1. The largest absolute Gasteiger partial charge is 0.298 e. The van der Waals surface area contributed by atoms with Crippen molar-refractivity contribution in [3.63, 3.8) is 0 Å². The van der Waals surface area contributed by atoms with Gasteiger partial charge < -0.3 is 0 Å². The smallest absolute Gasteiger partial charge is 0.147 e. The molecule has 0 aromatic carbocycles. The van der Waals surface area contributed by atoms with Crippen LogP contribution < -0.4 is 0 Å². The highest BCUT2D eigenvalue weighted by molar-refractivity contribution is 9.09. The van der Waals surface area contributed by atoms with Crippen LogP contribution in [0.4, 0.5) is 0 Å². The summed E-state index contributed by atoms with van der Waals surface area (Å²) in [5, 5.41) is 0.550. The molecule has 98 valence electrons. The monoisotopic (exact) mass is 300 g/mol. The lowest BCUT2D eigenvalue weighted by atomic mass is 9.61. The van der Waals surface area contributed by atoms with Crippen molar-refractivity contribution >= 4 is 21.7 Å². The molecule has 0 aromatic heterocycles. The van der Waals surface area contributed by atoms with Crippen LogP contribution in [0.25, 0.3) is 0 Å². The standard InChI is InChI=1S/C15H25BrO/c1-9-4-5-10(2)15(14(17)8-16)13-6-12(7-13)11(9)3/h9-13,15H,4-8H2,1-3H3/t9-,10-,11?,12?,13?,15?/m0/s1. The molecule has 3 saturated carbocycles. The summed E-state index contributed by atoms with van der Waals surface area (Å²) in [7, 11) is 0. The minimum absolute atomic E-state index is 0.336. The highest BCUT2D eigenvalue weighted by atomic mass is 79.9. The Balaban J connectivity index is 2.12. The van der Waals surface area contributed by atoms with Crippen molar-refractivity contribution in [3.05, 3.63) is 0 Å². The second kappa shape index (κ2) is 5.42. The van der Waals surface area contributed by atoms with Crippen molar-refractivity contribution in [1.29, 1.82) is 0 Å². The fourth-order valence-corrected chi connectivity index (χ4v) is 4.37. The average molecular weight is 301 g/mol. The summed E-state index contributed by atoms with van der Waals surface area (Å²) in [6.07, 6.45) is 5.15. The Morgan fingerprint density at radius 2 is 1.65 bits per heavy atom. The molecule has 3 aliphatic rings.